The number of carboxylic acid groups (broad SMARTS) is 1. The number of ether oxygens (including phenoxy) is 2. The predicted molar refractivity (Wildman–Crippen MR) is 228 cm³/mol. The summed E-state index contributed by atoms with van der Waals surface area (Å²) >= 11 is 1.75. The van der Waals surface area contributed by atoms with Gasteiger partial charge < -0.3 is 14.6 Å². The van der Waals surface area contributed by atoms with Crippen LogP contribution >= 0.6 is 11.3 Å². The van der Waals surface area contributed by atoms with E-state index in [0.717, 1.165) is 59.4 Å². The van der Waals surface area contributed by atoms with Crippen LogP contribution in [0.25, 0.3) is 0 Å². The number of fused-ring (bicyclic) bond motifs is 1. The Morgan fingerprint density at radius 1 is 0.945 bits per heavy atom. The molecule has 7 heteroatoms. The molecular weight excluding hydrogens is 701 g/mol. The molecule has 0 amide bonds. The van der Waals surface area contributed by atoms with E-state index < -0.39 is 11.8 Å². The third kappa shape index (κ3) is 13.4. The fourth-order valence-electron chi connectivity index (χ4n) is 7.11. The van der Waals surface area contributed by atoms with Gasteiger partial charge in [0.1, 0.15) is 0 Å². The summed E-state index contributed by atoms with van der Waals surface area (Å²) in [5.41, 5.74) is 9.78. The lowest BCUT2D eigenvalue weighted by Crippen LogP contribution is -2.32. The molecule has 1 aliphatic rings. The molecule has 0 spiro atoms. The molecule has 3 aromatic carbocycles. The Balaban J connectivity index is 0.000000327. The molecule has 1 aliphatic heterocycles. The molecule has 55 heavy (non-hydrogen) atoms. The average molecular weight is 765 g/mol. The second-order valence-corrected chi connectivity index (χ2v) is 16.3. The topological polar surface area (TPSA) is 92.4 Å². The van der Waals surface area contributed by atoms with E-state index in [0.29, 0.717) is 28.9 Å². The summed E-state index contributed by atoms with van der Waals surface area (Å²) < 4.78 is 13.0. The minimum atomic E-state index is -0.891. The Kier molecular flexibility index (Phi) is 18.2. The van der Waals surface area contributed by atoms with Gasteiger partial charge in [-0.05, 0) is 143 Å². The van der Waals surface area contributed by atoms with E-state index in [-0.39, 0.29) is 0 Å². The first-order chi connectivity index (χ1) is 26.3. The Labute approximate surface area is 335 Å². The van der Waals surface area contributed by atoms with Crippen molar-refractivity contribution >= 4 is 17.3 Å². The van der Waals surface area contributed by atoms with Crippen LogP contribution in [-0.4, -0.2) is 16.1 Å². The molecule has 0 saturated carbocycles. The highest BCUT2D eigenvalue weighted by molar-refractivity contribution is 7.09. The lowest BCUT2D eigenvalue weighted by atomic mass is 9.82. The zero-order valence-electron chi connectivity index (χ0n) is 35.0. The van der Waals surface area contributed by atoms with Crippen LogP contribution in [0.3, 0.4) is 0 Å². The maximum absolute atomic E-state index is 10.5. The average Bonchev–Trinajstić information content (AvgIpc) is 3.81. The molecule has 4 aromatic rings. The molecule has 4 atom stereocenters. The number of hydrogen-bond donors (Lipinski definition) is 1. The highest BCUT2D eigenvalue weighted by Crippen LogP contribution is 2.50. The number of para-hydroxylation sites is 1. The van der Waals surface area contributed by atoms with Crippen LogP contribution in [0.5, 0.6) is 11.5 Å². The fraction of sp³-hybridized carbons (Fsp3) is 0.479. The fourth-order valence-corrected chi connectivity index (χ4v) is 7.75. The Bertz CT molecular complexity index is 1880. The molecule has 2 heterocycles. The standard InChI is InChI=1S/C32H43NO2.C9H10O2.C7H11NS/c1-8-11-22(3)19-24(5)23(4)15-17-27(12-9-2)28-13-10-14-30-31(28)35-32(7,34-30)29-18-16-26(21-33)20-25(29)6;1-6-3-4-8(9(10)11)5-7(6)2;1-2-3-4-7-5-8-6-9-7/h10-11,13-14,16,18,20,23-24,27H,8-9,12,15,17,19H2,1-7H3;3-5H,1-2H3,(H,10,11);5-6H,2-4H2,1H3/b22-11-;;. The van der Waals surface area contributed by atoms with Gasteiger partial charge in [-0.2, -0.15) is 5.26 Å². The van der Waals surface area contributed by atoms with Gasteiger partial charge in [-0.3, -0.25) is 4.98 Å². The van der Waals surface area contributed by atoms with Gasteiger partial charge in [0.2, 0.25) is 0 Å². The number of carbonyl (C=O) groups is 1. The maximum atomic E-state index is 10.5. The van der Waals surface area contributed by atoms with Crippen LogP contribution in [0.1, 0.15) is 154 Å². The van der Waals surface area contributed by atoms with Crippen molar-refractivity contribution in [3.63, 3.8) is 0 Å². The molecule has 0 fully saturated rings. The van der Waals surface area contributed by atoms with Gasteiger partial charge in [-0.25, -0.2) is 4.79 Å². The largest absolute Gasteiger partial charge is 0.478 e. The second kappa shape index (κ2) is 22.2. The maximum Gasteiger partial charge on any atom is 0.335 e. The van der Waals surface area contributed by atoms with E-state index >= 15 is 0 Å². The van der Waals surface area contributed by atoms with Crippen molar-refractivity contribution in [3.05, 3.63) is 122 Å². The van der Waals surface area contributed by atoms with Crippen molar-refractivity contribution in [2.45, 2.75) is 139 Å². The van der Waals surface area contributed by atoms with Gasteiger partial charge in [0, 0.05) is 29.1 Å². The number of benzene rings is 3. The zero-order valence-corrected chi connectivity index (χ0v) is 35.8. The smallest absolute Gasteiger partial charge is 0.335 e. The SMILES string of the molecule is CC/C=C(/C)CC(C)C(C)CCC(CCC)c1cccc2c1OC(C)(c1ccc(C#N)cc1C)O2.CCCCc1cncs1.Cc1ccc(C(=O)O)cc1C. The van der Waals surface area contributed by atoms with Gasteiger partial charge >= 0.3 is 5.97 Å². The van der Waals surface area contributed by atoms with Crippen LogP contribution in [-0.2, 0) is 12.2 Å². The van der Waals surface area contributed by atoms with Crippen LogP contribution in [0, 0.1) is 43.9 Å². The molecule has 0 bridgehead atoms. The number of hydrogen-bond acceptors (Lipinski definition) is 6. The lowest BCUT2D eigenvalue weighted by molar-refractivity contribution is -0.0689. The normalized spacial score (nSPS) is 16.1. The number of rotatable bonds is 15. The molecule has 5 rings (SSSR count). The van der Waals surface area contributed by atoms with E-state index in [4.69, 9.17) is 14.6 Å². The minimum absolute atomic E-state index is 0.355. The van der Waals surface area contributed by atoms with E-state index in [1.165, 1.54) is 48.1 Å². The molecule has 1 N–H and O–H groups in total. The highest BCUT2D eigenvalue weighted by atomic mass is 32.1. The molecule has 1 aromatic heterocycles. The molecular formula is C48H64N2O4S. The summed E-state index contributed by atoms with van der Waals surface area (Å²) in [5.74, 6) is 1.76. The molecule has 0 saturated heterocycles. The molecule has 296 valence electrons. The van der Waals surface area contributed by atoms with Crippen LogP contribution in [0.15, 0.2) is 78.0 Å². The van der Waals surface area contributed by atoms with Gasteiger partial charge in [-0.15, -0.1) is 11.3 Å². The summed E-state index contributed by atoms with van der Waals surface area (Å²) in [6.45, 7) is 21.6. The Morgan fingerprint density at radius 2 is 1.71 bits per heavy atom. The highest BCUT2D eigenvalue weighted by Gasteiger charge is 2.41. The number of aromatic carboxylic acids is 1. The number of allylic oxidation sites excluding steroid dienone is 2. The number of unbranched alkanes of at least 4 members (excludes halogenated alkanes) is 1. The van der Waals surface area contributed by atoms with Crippen LogP contribution in [0.2, 0.25) is 0 Å². The first kappa shape index (κ1) is 45.0. The van der Waals surface area contributed by atoms with Crippen molar-refractivity contribution < 1.29 is 19.4 Å². The predicted octanol–water partition coefficient (Wildman–Crippen LogP) is 13.7. The summed E-state index contributed by atoms with van der Waals surface area (Å²) in [6.07, 6.45) is 15.1. The van der Waals surface area contributed by atoms with Crippen molar-refractivity contribution in [1.82, 2.24) is 4.98 Å². The first-order valence-electron chi connectivity index (χ1n) is 20.1. The summed E-state index contributed by atoms with van der Waals surface area (Å²) in [4.78, 5) is 15.9. The van der Waals surface area contributed by atoms with Gasteiger partial charge in [0.25, 0.3) is 5.79 Å². The summed E-state index contributed by atoms with van der Waals surface area (Å²) in [5, 5.41) is 17.8. The Hall–Kier alpha value is -4.41. The molecule has 0 radical (unpaired) electrons. The van der Waals surface area contributed by atoms with Gasteiger partial charge in [0.05, 0.1) is 22.7 Å². The number of carboxylic acids is 1. The first-order valence-corrected chi connectivity index (χ1v) is 21.0. The third-order valence-corrected chi connectivity index (χ3v) is 11.5. The van der Waals surface area contributed by atoms with Gasteiger partial charge in [-0.1, -0.05) is 77.3 Å². The zero-order chi connectivity index (χ0) is 40.5. The third-order valence-electron chi connectivity index (χ3n) is 10.7. The molecule has 4 unspecified atom stereocenters. The number of thiazole rings is 1. The van der Waals surface area contributed by atoms with E-state index in [9.17, 15) is 10.1 Å². The number of nitrogens with zero attached hydrogens (tertiary/aromatic N) is 2. The quantitative estimate of drug-likeness (QED) is 0.121. The van der Waals surface area contributed by atoms with Crippen molar-refractivity contribution in [2.75, 3.05) is 0 Å². The summed E-state index contributed by atoms with van der Waals surface area (Å²) in [6, 6.07) is 19.4. The summed E-state index contributed by atoms with van der Waals surface area (Å²) in [7, 11) is 0. The monoisotopic (exact) mass is 764 g/mol. The lowest BCUT2D eigenvalue weighted by Gasteiger charge is -2.26. The van der Waals surface area contributed by atoms with Crippen LogP contribution in [0.4, 0.5) is 0 Å². The Morgan fingerprint density at radius 3 is 2.31 bits per heavy atom. The van der Waals surface area contributed by atoms with E-state index in [1.807, 2.05) is 69.7 Å². The number of aromatic nitrogens is 1. The van der Waals surface area contributed by atoms with Crippen molar-refractivity contribution in [2.24, 2.45) is 11.8 Å². The van der Waals surface area contributed by atoms with Gasteiger partial charge in [0.15, 0.2) is 11.5 Å². The van der Waals surface area contributed by atoms with Crippen molar-refractivity contribution in [1.29, 1.82) is 5.26 Å². The molecule has 6 nitrogen and oxygen atoms in total. The number of nitriles is 1. The second-order valence-electron chi connectivity index (χ2n) is 15.3. The van der Waals surface area contributed by atoms with E-state index in [1.54, 1.807) is 23.5 Å². The van der Waals surface area contributed by atoms with Crippen LogP contribution < -0.4 is 9.47 Å². The van der Waals surface area contributed by atoms with E-state index in [2.05, 4.69) is 70.8 Å². The molecule has 0 aliphatic carbocycles. The minimum Gasteiger partial charge on any atom is -0.478 e. The van der Waals surface area contributed by atoms with Crippen molar-refractivity contribution in [3.8, 4) is 17.6 Å². The number of aryl methyl sites for hydroxylation is 4.